The zero-order valence-electron chi connectivity index (χ0n) is 12.4. The van der Waals surface area contributed by atoms with Gasteiger partial charge in [-0.25, -0.2) is 4.98 Å². The molecule has 0 amide bonds. The van der Waals surface area contributed by atoms with Crippen LogP contribution in [0.4, 0.5) is 0 Å². The van der Waals surface area contributed by atoms with Crippen molar-refractivity contribution in [3.63, 3.8) is 0 Å². The minimum atomic E-state index is 0.373. The number of hydrogen-bond acceptors (Lipinski definition) is 3. The number of imidazole rings is 1. The fourth-order valence-corrected chi connectivity index (χ4v) is 3.01. The van der Waals surface area contributed by atoms with Crippen LogP contribution in [0.25, 0.3) is 0 Å². The molecule has 2 rings (SSSR count). The lowest BCUT2D eigenvalue weighted by atomic mass is 10.1. The zero-order valence-corrected chi connectivity index (χ0v) is 12.4. The maximum absolute atomic E-state index is 4.39. The Bertz CT molecular complexity index is 336. The van der Waals surface area contributed by atoms with E-state index < -0.39 is 0 Å². The normalized spacial score (nSPS) is 23.2. The van der Waals surface area contributed by atoms with Crippen LogP contribution in [0.3, 0.4) is 0 Å². The molecule has 0 radical (unpaired) electrons. The molecule has 4 nitrogen and oxygen atoms in total. The van der Waals surface area contributed by atoms with Crippen LogP contribution in [-0.4, -0.2) is 40.5 Å². The van der Waals surface area contributed by atoms with Crippen LogP contribution in [0.5, 0.6) is 0 Å². The first-order chi connectivity index (χ1) is 9.33. The van der Waals surface area contributed by atoms with Gasteiger partial charge in [0.2, 0.25) is 0 Å². The van der Waals surface area contributed by atoms with Gasteiger partial charge in [0.05, 0.1) is 6.04 Å². The van der Waals surface area contributed by atoms with Crippen molar-refractivity contribution < 1.29 is 0 Å². The molecule has 0 aliphatic carbocycles. The lowest BCUT2D eigenvalue weighted by molar-refractivity contribution is 0.280. The topological polar surface area (TPSA) is 44.0 Å². The Morgan fingerprint density at radius 2 is 2.32 bits per heavy atom. The Morgan fingerprint density at radius 1 is 1.42 bits per heavy atom. The summed E-state index contributed by atoms with van der Waals surface area (Å²) in [7, 11) is 0. The molecule has 19 heavy (non-hydrogen) atoms. The van der Waals surface area contributed by atoms with Gasteiger partial charge in [-0.05, 0) is 51.7 Å². The second-order valence-electron chi connectivity index (χ2n) is 5.57. The second kappa shape index (κ2) is 7.65. The summed E-state index contributed by atoms with van der Waals surface area (Å²) in [5.74, 6) is 1.08. The van der Waals surface area contributed by atoms with Gasteiger partial charge in [-0.15, -0.1) is 0 Å². The number of likely N-dealkylation sites (tertiary alicyclic amines) is 1. The van der Waals surface area contributed by atoms with Crippen molar-refractivity contribution in [3.05, 3.63) is 18.2 Å². The summed E-state index contributed by atoms with van der Waals surface area (Å²) in [6.07, 6.45) is 9.97. The predicted octanol–water partition coefficient (Wildman–Crippen LogP) is 2.71. The van der Waals surface area contributed by atoms with Gasteiger partial charge in [0.25, 0.3) is 0 Å². The minimum absolute atomic E-state index is 0.373. The summed E-state index contributed by atoms with van der Waals surface area (Å²) in [5.41, 5.74) is 0. The van der Waals surface area contributed by atoms with Crippen molar-refractivity contribution in [2.45, 2.75) is 58.0 Å². The molecule has 108 valence electrons. The van der Waals surface area contributed by atoms with Crippen LogP contribution in [0.2, 0.25) is 0 Å². The largest absolute Gasteiger partial charge is 0.347 e. The van der Waals surface area contributed by atoms with E-state index in [-0.39, 0.29) is 0 Å². The van der Waals surface area contributed by atoms with E-state index in [9.17, 15) is 0 Å². The van der Waals surface area contributed by atoms with Gasteiger partial charge in [0, 0.05) is 18.4 Å². The highest BCUT2D eigenvalue weighted by Crippen LogP contribution is 2.18. The quantitative estimate of drug-likeness (QED) is 0.830. The minimum Gasteiger partial charge on any atom is -0.347 e. The third kappa shape index (κ3) is 4.32. The van der Waals surface area contributed by atoms with Crippen molar-refractivity contribution >= 4 is 0 Å². The highest BCUT2D eigenvalue weighted by atomic mass is 15.1. The molecule has 1 aromatic rings. The van der Waals surface area contributed by atoms with Gasteiger partial charge in [0.1, 0.15) is 5.82 Å². The first-order valence-electron chi connectivity index (χ1n) is 7.81. The number of rotatable bonds is 6. The molecule has 0 spiro atoms. The number of aromatic amines is 1. The molecule has 1 aromatic heterocycles. The summed E-state index contributed by atoms with van der Waals surface area (Å²) in [5, 5.41) is 3.79. The van der Waals surface area contributed by atoms with Crippen molar-refractivity contribution in [3.8, 4) is 0 Å². The first kappa shape index (κ1) is 14.5. The van der Waals surface area contributed by atoms with E-state index in [0.717, 1.165) is 12.2 Å². The Kier molecular flexibility index (Phi) is 5.86. The third-order valence-electron chi connectivity index (χ3n) is 4.06. The van der Waals surface area contributed by atoms with E-state index in [0.29, 0.717) is 12.1 Å². The number of nitrogens with one attached hydrogen (secondary N) is 2. The summed E-state index contributed by atoms with van der Waals surface area (Å²) in [6.45, 7) is 8.25. The van der Waals surface area contributed by atoms with E-state index in [1.54, 1.807) is 0 Å². The molecule has 1 fully saturated rings. The van der Waals surface area contributed by atoms with E-state index in [1.165, 1.54) is 45.3 Å². The Balaban J connectivity index is 1.84. The molecule has 2 atom stereocenters. The van der Waals surface area contributed by atoms with Crippen LogP contribution in [0.1, 0.15) is 57.8 Å². The van der Waals surface area contributed by atoms with E-state index >= 15 is 0 Å². The number of nitrogens with zero attached hydrogens (tertiary/aromatic N) is 2. The standard InChI is InChI=1S/C15H28N4/c1-3-10-19-11-5-6-13(7-12-19)18-14(4-2)15-16-8-9-17-15/h8-9,13-14,18H,3-7,10-12H2,1-2H3,(H,16,17). The fraction of sp³-hybridized carbons (Fsp3) is 0.800. The highest BCUT2D eigenvalue weighted by Gasteiger charge is 2.20. The number of aromatic nitrogens is 2. The summed E-state index contributed by atoms with van der Waals surface area (Å²) in [6, 6.07) is 1.01. The molecule has 0 bridgehead atoms. The molecule has 1 aliphatic rings. The van der Waals surface area contributed by atoms with Gasteiger partial charge >= 0.3 is 0 Å². The average Bonchev–Trinajstić information content (AvgIpc) is 2.86. The molecular weight excluding hydrogens is 236 g/mol. The molecule has 4 heteroatoms. The Hall–Kier alpha value is -0.870. The molecule has 2 unspecified atom stereocenters. The second-order valence-corrected chi connectivity index (χ2v) is 5.57. The average molecular weight is 264 g/mol. The van der Waals surface area contributed by atoms with Gasteiger partial charge < -0.3 is 15.2 Å². The Morgan fingerprint density at radius 3 is 3.00 bits per heavy atom. The van der Waals surface area contributed by atoms with Crippen LogP contribution in [-0.2, 0) is 0 Å². The lowest BCUT2D eigenvalue weighted by Crippen LogP contribution is -2.34. The predicted molar refractivity (Wildman–Crippen MR) is 79.1 cm³/mol. The van der Waals surface area contributed by atoms with Crippen molar-refractivity contribution in [1.82, 2.24) is 20.2 Å². The fourth-order valence-electron chi connectivity index (χ4n) is 3.01. The number of H-pyrrole nitrogens is 1. The molecule has 2 heterocycles. The summed E-state index contributed by atoms with van der Waals surface area (Å²) >= 11 is 0. The molecule has 2 N–H and O–H groups in total. The van der Waals surface area contributed by atoms with Gasteiger partial charge in [-0.3, -0.25) is 0 Å². The molecular formula is C15H28N4. The SMILES string of the molecule is CCCN1CCCC(NC(CC)c2ncc[nH]2)CC1. The zero-order chi connectivity index (χ0) is 13.5. The van der Waals surface area contributed by atoms with Crippen LogP contribution in [0.15, 0.2) is 12.4 Å². The first-order valence-corrected chi connectivity index (χ1v) is 7.81. The van der Waals surface area contributed by atoms with E-state index in [4.69, 9.17) is 0 Å². The van der Waals surface area contributed by atoms with Crippen molar-refractivity contribution in [2.75, 3.05) is 19.6 Å². The van der Waals surface area contributed by atoms with Crippen LogP contribution < -0.4 is 5.32 Å². The van der Waals surface area contributed by atoms with Crippen molar-refractivity contribution in [1.29, 1.82) is 0 Å². The molecule has 0 aromatic carbocycles. The maximum Gasteiger partial charge on any atom is 0.123 e. The monoisotopic (exact) mass is 264 g/mol. The van der Waals surface area contributed by atoms with E-state index in [2.05, 4.69) is 34.0 Å². The van der Waals surface area contributed by atoms with Gasteiger partial charge in [-0.2, -0.15) is 0 Å². The maximum atomic E-state index is 4.39. The highest BCUT2D eigenvalue weighted by molar-refractivity contribution is 4.96. The van der Waals surface area contributed by atoms with Crippen molar-refractivity contribution in [2.24, 2.45) is 0 Å². The van der Waals surface area contributed by atoms with Gasteiger partial charge in [0.15, 0.2) is 0 Å². The van der Waals surface area contributed by atoms with Crippen LogP contribution in [0, 0.1) is 0 Å². The van der Waals surface area contributed by atoms with E-state index in [1.807, 2.05) is 12.4 Å². The summed E-state index contributed by atoms with van der Waals surface area (Å²) < 4.78 is 0. The smallest absolute Gasteiger partial charge is 0.123 e. The van der Waals surface area contributed by atoms with Crippen LogP contribution >= 0.6 is 0 Å². The molecule has 1 aliphatic heterocycles. The third-order valence-corrected chi connectivity index (χ3v) is 4.06. The molecule has 0 saturated carbocycles. The number of hydrogen-bond donors (Lipinski definition) is 2. The van der Waals surface area contributed by atoms with Gasteiger partial charge in [-0.1, -0.05) is 13.8 Å². The summed E-state index contributed by atoms with van der Waals surface area (Å²) in [4.78, 5) is 10.2. The lowest BCUT2D eigenvalue weighted by Gasteiger charge is -2.23. The Labute approximate surface area is 117 Å². The molecule has 1 saturated heterocycles.